The first kappa shape index (κ1) is 22.8. The van der Waals surface area contributed by atoms with Crippen molar-refractivity contribution in [3.05, 3.63) is 52.8 Å². The van der Waals surface area contributed by atoms with Crippen molar-refractivity contribution in [1.29, 1.82) is 0 Å². The number of aromatic nitrogens is 1. The molecule has 1 saturated heterocycles. The Kier molecular flexibility index (Phi) is 8.08. The minimum atomic E-state index is -0.226. The lowest BCUT2D eigenvalue weighted by atomic mass is 10.1. The van der Waals surface area contributed by atoms with Gasteiger partial charge >= 0.3 is 0 Å². The third-order valence-electron chi connectivity index (χ3n) is 5.36. The second kappa shape index (κ2) is 11.0. The SMILES string of the molecule is COc1cc(N)c(Cl)cc1C(=O)NCC1CCN(CCCNC(=O)c2ccncc2)C1. The summed E-state index contributed by atoms with van der Waals surface area (Å²) in [7, 11) is 1.49. The molecule has 31 heavy (non-hydrogen) atoms. The summed E-state index contributed by atoms with van der Waals surface area (Å²) < 4.78 is 5.25. The van der Waals surface area contributed by atoms with Gasteiger partial charge in [-0.1, -0.05) is 11.6 Å². The van der Waals surface area contributed by atoms with E-state index in [1.807, 2.05) is 0 Å². The molecular weight excluding hydrogens is 418 g/mol. The average Bonchev–Trinajstić information content (AvgIpc) is 3.24. The van der Waals surface area contributed by atoms with Gasteiger partial charge in [0.25, 0.3) is 11.8 Å². The van der Waals surface area contributed by atoms with Gasteiger partial charge in [-0.05, 0) is 50.0 Å². The molecule has 4 N–H and O–H groups in total. The van der Waals surface area contributed by atoms with Crippen LogP contribution in [0.25, 0.3) is 0 Å². The van der Waals surface area contributed by atoms with Crippen molar-refractivity contribution in [3.8, 4) is 5.75 Å². The Morgan fingerprint density at radius 1 is 1.26 bits per heavy atom. The summed E-state index contributed by atoms with van der Waals surface area (Å²) in [5.74, 6) is 0.477. The zero-order chi connectivity index (χ0) is 22.2. The summed E-state index contributed by atoms with van der Waals surface area (Å²) in [5, 5.41) is 6.23. The zero-order valence-corrected chi connectivity index (χ0v) is 18.3. The third-order valence-corrected chi connectivity index (χ3v) is 5.69. The highest BCUT2D eigenvalue weighted by Crippen LogP contribution is 2.28. The molecule has 0 saturated carbocycles. The van der Waals surface area contributed by atoms with E-state index >= 15 is 0 Å². The first-order valence-electron chi connectivity index (χ1n) is 10.3. The summed E-state index contributed by atoms with van der Waals surface area (Å²) in [6.45, 7) is 4.01. The van der Waals surface area contributed by atoms with Gasteiger partial charge in [0.2, 0.25) is 0 Å². The predicted octanol–water partition coefficient (Wildman–Crippen LogP) is 2.20. The molecule has 2 amide bonds. The molecule has 1 aromatic heterocycles. The number of amides is 2. The van der Waals surface area contributed by atoms with Gasteiger partial charge in [-0.2, -0.15) is 0 Å². The van der Waals surface area contributed by atoms with Crippen LogP contribution in [0.4, 0.5) is 5.69 Å². The maximum atomic E-state index is 12.6. The minimum Gasteiger partial charge on any atom is -0.496 e. The topological polar surface area (TPSA) is 110 Å². The molecule has 1 aliphatic rings. The standard InChI is InChI=1S/C22H28ClN5O3/c1-31-20-12-19(24)18(23)11-17(20)22(30)27-13-15-5-10-28(14-15)9-2-6-26-21(29)16-3-7-25-8-4-16/h3-4,7-8,11-12,15H,2,5-6,9-10,13-14,24H2,1H3,(H,26,29)(H,27,30). The summed E-state index contributed by atoms with van der Waals surface area (Å²) in [4.78, 5) is 30.9. The molecule has 1 aromatic carbocycles. The van der Waals surface area contributed by atoms with Crippen molar-refractivity contribution in [1.82, 2.24) is 20.5 Å². The fourth-order valence-corrected chi connectivity index (χ4v) is 3.80. The number of methoxy groups -OCH3 is 1. The van der Waals surface area contributed by atoms with E-state index in [0.717, 1.165) is 32.5 Å². The molecule has 1 unspecified atom stereocenters. The first-order valence-corrected chi connectivity index (χ1v) is 10.7. The highest BCUT2D eigenvalue weighted by atomic mass is 35.5. The van der Waals surface area contributed by atoms with Gasteiger partial charge in [0.15, 0.2) is 0 Å². The lowest BCUT2D eigenvalue weighted by Gasteiger charge is -2.17. The number of rotatable bonds is 9. The summed E-state index contributed by atoms with van der Waals surface area (Å²) in [6, 6.07) is 6.49. The van der Waals surface area contributed by atoms with E-state index in [1.165, 1.54) is 13.2 Å². The molecule has 1 atom stereocenters. The second-order valence-corrected chi connectivity index (χ2v) is 7.99. The monoisotopic (exact) mass is 445 g/mol. The van der Waals surface area contributed by atoms with E-state index in [-0.39, 0.29) is 11.8 Å². The third kappa shape index (κ3) is 6.32. The van der Waals surface area contributed by atoms with Crippen molar-refractivity contribution < 1.29 is 14.3 Å². The number of carbonyl (C=O) groups excluding carboxylic acids is 2. The van der Waals surface area contributed by atoms with Crippen LogP contribution in [-0.2, 0) is 0 Å². The number of hydrogen-bond acceptors (Lipinski definition) is 6. The second-order valence-electron chi connectivity index (χ2n) is 7.58. The highest BCUT2D eigenvalue weighted by molar-refractivity contribution is 6.33. The number of nitrogens with two attached hydrogens (primary N) is 1. The largest absolute Gasteiger partial charge is 0.496 e. The van der Waals surface area contributed by atoms with Crippen molar-refractivity contribution in [3.63, 3.8) is 0 Å². The summed E-state index contributed by atoms with van der Waals surface area (Å²) >= 11 is 6.05. The van der Waals surface area contributed by atoms with Crippen LogP contribution < -0.4 is 21.1 Å². The summed E-state index contributed by atoms with van der Waals surface area (Å²) in [6.07, 6.45) is 5.10. The normalized spacial score (nSPS) is 16.1. The lowest BCUT2D eigenvalue weighted by molar-refractivity contribution is 0.0940. The van der Waals surface area contributed by atoms with Crippen LogP contribution in [0.1, 0.15) is 33.6 Å². The molecule has 9 heteroatoms. The molecule has 0 bridgehead atoms. The van der Waals surface area contributed by atoms with Gasteiger partial charge in [-0.25, -0.2) is 0 Å². The number of nitrogens with one attached hydrogen (secondary N) is 2. The van der Waals surface area contributed by atoms with Crippen molar-refractivity contribution in [2.45, 2.75) is 12.8 Å². The average molecular weight is 446 g/mol. The molecule has 2 aromatic rings. The van der Waals surface area contributed by atoms with E-state index in [0.29, 0.717) is 46.6 Å². The molecule has 1 aliphatic heterocycles. The Balaban J connectivity index is 1.37. The van der Waals surface area contributed by atoms with Crippen LogP contribution in [0.3, 0.4) is 0 Å². The van der Waals surface area contributed by atoms with Gasteiger partial charge < -0.3 is 26.0 Å². The Labute approximate surface area is 187 Å². The van der Waals surface area contributed by atoms with Gasteiger partial charge in [-0.3, -0.25) is 14.6 Å². The molecule has 0 aliphatic carbocycles. The molecule has 0 spiro atoms. The Hall–Kier alpha value is -2.84. The van der Waals surface area contributed by atoms with Crippen molar-refractivity contribution in [2.24, 2.45) is 5.92 Å². The van der Waals surface area contributed by atoms with Gasteiger partial charge in [-0.15, -0.1) is 0 Å². The smallest absolute Gasteiger partial charge is 0.255 e. The highest BCUT2D eigenvalue weighted by Gasteiger charge is 2.23. The Morgan fingerprint density at radius 2 is 2.03 bits per heavy atom. The molecule has 3 rings (SSSR count). The van der Waals surface area contributed by atoms with E-state index in [9.17, 15) is 9.59 Å². The zero-order valence-electron chi connectivity index (χ0n) is 17.6. The van der Waals surface area contributed by atoms with Gasteiger partial charge in [0.05, 0.1) is 23.4 Å². The van der Waals surface area contributed by atoms with Gasteiger partial charge in [0, 0.05) is 43.7 Å². The number of hydrogen-bond donors (Lipinski definition) is 3. The van der Waals surface area contributed by atoms with E-state index in [2.05, 4.69) is 20.5 Å². The predicted molar refractivity (Wildman–Crippen MR) is 120 cm³/mol. The number of halogens is 1. The first-order chi connectivity index (χ1) is 15.0. The fraction of sp³-hybridized carbons (Fsp3) is 0.409. The van der Waals surface area contributed by atoms with Crippen LogP contribution >= 0.6 is 11.6 Å². The van der Waals surface area contributed by atoms with Crippen LogP contribution in [-0.4, -0.2) is 61.5 Å². The van der Waals surface area contributed by atoms with Crippen LogP contribution in [0.15, 0.2) is 36.7 Å². The number of nitrogen functional groups attached to an aromatic ring is 1. The lowest BCUT2D eigenvalue weighted by Crippen LogP contribution is -2.32. The number of benzene rings is 1. The maximum absolute atomic E-state index is 12.6. The fourth-order valence-electron chi connectivity index (χ4n) is 3.64. The number of anilines is 1. The van der Waals surface area contributed by atoms with Crippen molar-refractivity contribution in [2.75, 3.05) is 45.6 Å². The molecule has 8 nitrogen and oxygen atoms in total. The number of likely N-dealkylation sites (tertiary alicyclic amines) is 1. The van der Waals surface area contributed by atoms with Crippen LogP contribution in [0.2, 0.25) is 5.02 Å². The number of ether oxygens (including phenoxy) is 1. The number of carbonyl (C=O) groups is 2. The molecular formula is C22H28ClN5O3. The Morgan fingerprint density at radius 3 is 2.77 bits per heavy atom. The molecule has 2 heterocycles. The summed E-state index contributed by atoms with van der Waals surface area (Å²) in [5.41, 5.74) is 7.14. The Bertz CT molecular complexity index is 910. The van der Waals surface area contributed by atoms with E-state index < -0.39 is 0 Å². The number of nitrogens with zero attached hydrogens (tertiary/aromatic N) is 2. The molecule has 0 radical (unpaired) electrons. The number of pyridine rings is 1. The van der Waals surface area contributed by atoms with Crippen molar-refractivity contribution >= 4 is 29.1 Å². The van der Waals surface area contributed by atoms with E-state index in [1.54, 1.807) is 30.6 Å². The van der Waals surface area contributed by atoms with Gasteiger partial charge in [0.1, 0.15) is 5.75 Å². The van der Waals surface area contributed by atoms with Crippen LogP contribution in [0, 0.1) is 5.92 Å². The minimum absolute atomic E-state index is 0.0809. The maximum Gasteiger partial charge on any atom is 0.255 e. The van der Waals surface area contributed by atoms with E-state index in [4.69, 9.17) is 22.1 Å². The molecule has 166 valence electrons. The quantitative estimate of drug-likeness (QED) is 0.403. The molecule has 1 fully saturated rings. The van der Waals surface area contributed by atoms with Crippen LogP contribution in [0.5, 0.6) is 5.75 Å².